The summed E-state index contributed by atoms with van der Waals surface area (Å²) >= 11 is 0. The highest BCUT2D eigenvalue weighted by Gasteiger charge is 2.42. The lowest BCUT2D eigenvalue weighted by molar-refractivity contribution is 0.652. The van der Waals surface area contributed by atoms with Gasteiger partial charge in [0.05, 0.1) is 0 Å². The van der Waals surface area contributed by atoms with E-state index in [1.807, 2.05) is 36.4 Å². The molecule has 0 fully saturated rings. The quantitative estimate of drug-likeness (QED) is 0.183. The van der Waals surface area contributed by atoms with Gasteiger partial charge in [-0.15, -0.1) is 0 Å². The van der Waals surface area contributed by atoms with Gasteiger partial charge >= 0.3 is 0 Å². The zero-order chi connectivity index (χ0) is 37.1. The van der Waals surface area contributed by atoms with E-state index in [1.54, 1.807) is 0 Å². The third-order valence-corrected chi connectivity index (χ3v) is 12.3. The molecule has 3 nitrogen and oxygen atoms in total. The van der Waals surface area contributed by atoms with E-state index in [2.05, 4.69) is 149 Å². The lowest BCUT2D eigenvalue weighted by atomic mass is 9.79. The SMILES string of the molecule is CC1(C)c2ccccc2-c2cc3c(cc21)-c1c(-c2ccc(-c4ccc(-c5nc(-c6ccccc6)nc6c5oc5ccccc56)cc4)cc2)cccc1C3(C)C. The minimum absolute atomic E-state index is 0.0459. The molecule has 3 heteroatoms. The highest BCUT2D eigenvalue weighted by atomic mass is 16.3. The van der Waals surface area contributed by atoms with Crippen molar-refractivity contribution >= 4 is 22.1 Å². The molecule has 11 rings (SSSR count). The van der Waals surface area contributed by atoms with Gasteiger partial charge in [0.25, 0.3) is 0 Å². The first-order valence-corrected chi connectivity index (χ1v) is 19.2. The van der Waals surface area contributed by atoms with Gasteiger partial charge in [0, 0.05) is 27.3 Å². The van der Waals surface area contributed by atoms with E-state index in [0.29, 0.717) is 11.4 Å². The van der Waals surface area contributed by atoms with Crippen LogP contribution in [-0.4, -0.2) is 9.97 Å². The fourth-order valence-electron chi connectivity index (χ4n) is 9.39. The van der Waals surface area contributed by atoms with Gasteiger partial charge in [0.2, 0.25) is 0 Å². The average molecular weight is 707 g/mol. The molecule has 0 spiro atoms. The molecule has 0 bridgehead atoms. The zero-order valence-corrected chi connectivity index (χ0v) is 31.3. The number of aromatic nitrogens is 2. The lowest BCUT2D eigenvalue weighted by Crippen LogP contribution is -2.16. The summed E-state index contributed by atoms with van der Waals surface area (Å²) in [6.07, 6.45) is 0. The fourth-order valence-corrected chi connectivity index (χ4v) is 9.39. The van der Waals surface area contributed by atoms with E-state index in [0.717, 1.165) is 38.9 Å². The molecule has 2 heterocycles. The van der Waals surface area contributed by atoms with E-state index >= 15 is 0 Å². The maximum Gasteiger partial charge on any atom is 0.180 e. The van der Waals surface area contributed by atoms with Crippen molar-refractivity contribution in [3.8, 4) is 67.2 Å². The van der Waals surface area contributed by atoms with Crippen molar-refractivity contribution in [2.24, 2.45) is 0 Å². The monoisotopic (exact) mass is 706 g/mol. The van der Waals surface area contributed by atoms with Crippen molar-refractivity contribution in [1.82, 2.24) is 9.97 Å². The molecule has 0 saturated heterocycles. The molecule has 0 N–H and O–H groups in total. The zero-order valence-electron chi connectivity index (χ0n) is 31.3. The number of nitrogens with zero attached hydrogens (tertiary/aromatic N) is 2. The van der Waals surface area contributed by atoms with Crippen LogP contribution in [0.4, 0.5) is 0 Å². The summed E-state index contributed by atoms with van der Waals surface area (Å²) in [5, 5.41) is 0.990. The van der Waals surface area contributed by atoms with Gasteiger partial charge in [0.15, 0.2) is 11.4 Å². The maximum atomic E-state index is 6.39. The van der Waals surface area contributed by atoms with E-state index in [-0.39, 0.29) is 10.8 Å². The Hall–Kier alpha value is -6.58. The molecule has 2 aliphatic rings. The van der Waals surface area contributed by atoms with Crippen LogP contribution in [0.1, 0.15) is 49.9 Å². The molecule has 7 aromatic carbocycles. The Morgan fingerprint density at radius 1 is 0.418 bits per heavy atom. The van der Waals surface area contributed by atoms with Gasteiger partial charge < -0.3 is 4.42 Å². The molecule has 0 unspecified atom stereocenters. The highest BCUT2D eigenvalue weighted by molar-refractivity contribution is 6.07. The average Bonchev–Trinajstić information content (AvgIpc) is 3.80. The molecule has 9 aromatic rings. The first kappa shape index (κ1) is 31.9. The van der Waals surface area contributed by atoms with Gasteiger partial charge in [-0.05, 0) is 91.0 Å². The van der Waals surface area contributed by atoms with Crippen molar-refractivity contribution in [1.29, 1.82) is 0 Å². The highest BCUT2D eigenvalue weighted by Crippen LogP contribution is 2.57. The second-order valence-corrected chi connectivity index (χ2v) is 16.2. The fraction of sp³-hybridized carbons (Fsp3) is 0.115. The molecule has 0 radical (unpaired) electrons. The summed E-state index contributed by atoms with van der Waals surface area (Å²) in [5.74, 6) is 0.686. The molecule has 2 aromatic heterocycles. The predicted molar refractivity (Wildman–Crippen MR) is 226 cm³/mol. The largest absolute Gasteiger partial charge is 0.452 e. The van der Waals surface area contributed by atoms with Gasteiger partial charge in [-0.2, -0.15) is 0 Å². The van der Waals surface area contributed by atoms with Crippen LogP contribution >= 0.6 is 0 Å². The third-order valence-electron chi connectivity index (χ3n) is 12.3. The number of benzene rings is 7. The molecular formula is C52H38N2O. The predicted octanol–water partition coefficient (Wildman–Crippen LogP) is 13.7. The van der Waals surface area contributed by atoms with Crippen LogP contribution in [0.15, 0.2) is 162 Å². The Labute approximate surface area is 321 Å². The van der Waals surface area contributed by atoms with Crippen LogP contribution in [0.2, 0.25) is 0 Å². The maximum absolute atomic E-state index is 6.39. The topological polar surface area (TPSA) is 38.9 Å². The summed E-state index contributed by atoms with van der Waals surface area (Å²) in [6, 6.07) is 56.8. The minimum Gasteiger partial charge on any atom is -0.452 e. The Kier molecular flexibility index (Phi) is 6.65. The molecule has 0 saturated carbocycles. The summed E-state index contributed by atoms with van der Waals surface area (Å²) in [6.45, 7) is 9.51. The number of fused-ring (bicyclic) bond motifs is 9. The lowest BCUT2D eigenvalue weighted by Gasteiger charge is -2.24. The van der Waals surface area contributed by atoms with Crippen molar-refractivity contribution in [3.63, 3.8) is 0 Å². The van der Waals surface area contributed by atoms with Crippen LogP contribution in [0.5, 0.6) is 0 Å². The van der Waals surface area contributed by atoms with Gasteiger partial charge in [-0.25, -0.2) is 9.97 Å². The standard InChI is InChI=1S/C52H38N2O/c1-51(2)41-18-10-8-15-37(41)39-29-44-40(30-43(39)51)46-36(17-12-19-42(46)52(44,3)4)33-25-21-31(22-26-33)32-23-27-34(28-24-32)47-49-48(38-16-9-11-20-45(38)55-49)54-50(53-47)35-13-6-5-7-14-35/h5-30H,1-4H3. The number of para-hydroxylation sites is 1. The van der Waals surface area contributed by atoms with Crippen molar-refractivity contribution in [2.45, 2.75) is 38.5 Å². The van der Waals surface area contributed by atoms with Gasteiger partial charge in [-0.1, -0.05) is 161 Å². The molecule has 0 atom stereocenters. The summed E-state index contributed by atoms with van der Waals surface area (Å²) < 4.78 is 6.39. The smallest absolute Gasteiger partial charge is 0.180 e. The second kappa shape index (κ2) is 11.5. The van der Waals surface area contributed by atoms with E-state index < -0.39 is 0 Å². The van der Waals surface area contributed by atoms with Gasteiger partial charge in [0.1, 0.15) is 16.8 Å². The van der Waals surface area contributed by atoms with Crippen molar-refractivity contribution in [2.75, 3.05) is 0 Å². The Morgan fingerprint density at radius 2 is 1.00 bits per heavy atom. The number of rotatable bonds is 4. The summed E-state index contributed by atoms with van der Waals surface area (Å²) in [4.78, 5) is 10.1. The van der Waals surface area contributed by atoms with E-state index in [4.69, 9.17) is 14.4 Å². The second-order valence-electron chi connectivity index (χ2n) is 16.2. The molecule has 0 aliphatic heterocycles. The number of hydrogen-bond donors (Lipinski definition) is 0. The normalized spacial score (nSPS) is 14.5. The Bertz CT molecular complexity index is 3000. The van der Waals surface area contributed by atoms with E-state index in [9.17, 15) is 0 Å². The molecule has 55 heavy (non-hydrogen) atoms. The molecular weight excluding hydrogens is 669 g/mol. The number of hydrogen-bond acceptors (Lipinski definition) is 3. The van der Waals surface area contributed by atoms with Crippen molar-refractivity contribution in [3.05, 3.63) is 180 Å². The summed E-state index contributed by atoms with van der Waals surface area (Å²) in [5.41, 5.74) is 20.9. The Balaban J connectivity index is 0.965. The molecule has 262 valence electrons. The van der Waals surface area contributed by atoms with E-state index in [1.165, 1.54) is 61.2 Å². The first-order valence-electron chi connectivity index (χ1n) is 19.2. The third kappa shape index (κ3) is 4.63. The van der Waals surface area contributed by atoms with Crippen molar-refractivity contribution < 1.29 is 4.42 Å². The Morgan fingerprint density at radius 3 is 1.78 bits per heavy atom. The van der Waals surface area contributed by atoms with Crippen LogP contribution in [0, 0.1) is 0 Å². The molecule has 0 amide bonds. The van der Waals surface area contributed by atoms with Crippen LogP contribution in [0.3, 0.4) is 0 Å². The summed E-state index contributed by atoms with van der Waals surface area (Å²) in [7, 11) is 0. The van der Waals surface area contributed by atoms with Crippen LogP contribution < -0.4 is 0 Å². The van der Waals surface area contributed by atoms with Crippen LogP contribution in [-0.2, 0) is 10.8 Å². The molecule has 2 aliphatic carbocycles. The van der Waals surface area contributed by atoms with Gasteiger partial charge in [-0.3, -0.25) is 0 Å². The first-order chi connectivity index (χ1) is 26.8. The number of furan rings is 1. The minimum atomic E-state index is -0.0987. The van der Waals surface area contributed by atoms with Crippen LogP contribution in [0.25, 0.3) is 89.2 Å².